The molecular weight excluding hydrogens is 504 g/mol. The number of ether oxygens (including phenoxy) is 2. The molecule has 0 saturated heterocycles. The lowest BCUT2D eigenvalue weighted by Gasteiger charge is -2.38. The summed E-state index contributed by atoms with van der Waals surface area (Å²) in [4.78, 5) is 12.8. The zero-order valence-electron chi connectivity index (χ0n) is 15.3. The van der Waals surface area contributed by atoms with Crippen molar-refractivity contribution in [1.29, 1.82) is 0 Å². The molecule has 0 amide bonds. The molecule has 3 aromatic carbocycles. The lowest BCUT2D eigenvalue weighted by atomic mass is 9.76. The molecule has 146 valence electrons. The first-order chi connectivity index (χ1) is 13.8. The van der Waals surface area contributed by atoms with Crippen molar-refractivity contribution in [2.24, 2.45) is 0 Å². The van der Waals surface area contributed by atoms with E-state index in [1.54, 1.807) is 38.1 Å². The van der Waals surface area contributed by atoms with Gasteiger partial charge in [0.05, 0.1) is 14.5 Å². The highest BCUT2D eigenvalue weighted by Gasteiger charge is 2.54. The molecule has 3 aromatic rings. The Morgan fingerprint density at radius 3 is 1.93 bits per heavy atom. The van der Waals surface area contributed by atoms with Gasteiger partial charge in [-0.05, 0) is 63.9 Å². The fourth-order valence-electron chi connectivity index (χ4n) is 4.15. The minimum Gasteiger partial charge on any atom is -0.506 e. The van der Waals surface area contributed by atoms with E-state index in [9.17, 15) is 15.0 Å². The molecule has 0 saturated carbocycles. The average Bonchev–Trinajstić information content (AvgIpc) is 3.00. The lowest BCUT2D eigenvalue weighted by Crippen LogP contribution is -2.33. The maximum atomic E-state index is 12.8. The van der Waals surface area contributed by atoms with Gasteiger partial charge in [0.15, 0.2) is 5.60 Å². The Labute approximate surface area is 183 Å². The van der Waals surface area contributed by atoms with Crippen LogP contribution in [-0.2, 0) is 10.3 Å². The minimum atomic E-state index is -1.27. The molecule has 1 spiro atoms. The van der Waals surface area contributed by atoms with Gasteiger partial charge >= 0.3 is 5.97 Å². The molecule has 2 heterocycles. The molecule has 5 rings (SSSR count). The van der Waals surface area contributed by atoms with Crippen LogP contribution in [0.15, 0.2) is 45.3 Å². The van der Waals surface area contributed by atoms with Crippen LogP contribution in [0.4, 0.5) is 0 Å². The Bertz CT molecular complexity index is 1190. The number of carbonyl (C=O) groups is 1. The Balaban J connectivity index is 1.99. The molecule has 0 radical (unpaired) electrons. The van der Waals surface area contributed by atoms with Crippen molar-refractivity contribution in [3.63, 3.8) is 0 Å². The molecule has 0 unspecified atom stereocenters. The van der Waals surface area contributed by atoms with Crippen molar-refractivity contribution in [2.75, 3.05) is 0 Å². The first-order valence-electron chi connectivity index (χ1n) is 8.83. The van der Waals surface area contributed by atoms with E-state index in [1.165, 1.54) is 0 Å². The number of benzene rings is 3. The van der Waals surface area contributed by atoms with Crippen LogP contribution in [0.3, 0.4) is 0 Å². The Morgan fingerprint density at radius 1 is 0.862 bits per heavy atom. The summed E-state index contributed by atoms with van der Waals surface area (Å²) in [7, 11) is 0. The van der Waals surface area contributed by atoms with Crippen molar-refractivity contribution >= 4 is 37.8 Å². The van der Waals surface area contributed by atoms with Gasteiger partial charge in [-0.2, -0.15) is 0 Å². The summed E-state index contributed by atoms with van der Waals surface area (Å²) in [6.45, 7) is 3.46. The highest BCUT2D eigenvalue weighted by molar-refractivity contribution is 9.10. The maximum Gasteiger partial charge on any atom is 0.340 e. The summed E-state index contributed by atoms with van der Waals surface area (Å²) in [5.74, 6) is 0.432. The monoisotopic (exact) mass is 516 g/mol. The number of halogens is 2. The van der Waals surface area contributed by atoms with Gasteiger partial charge in [-0.25, -0.2) is 4.79 Å². The number of aromatic hydroxyl groups is 2. The summed E-state index contributed by atoms with van der Waals surface area (Å²) < 4.78 is 13.2. The third-order valence-electron chi connectivity index (χ3n) is 5.61. The molecule has 2 aliphatic heterocycles. The number of carbonyl (C=O) groups excluding carboxylic acids is 1. The van der Waals surface area contributed by atoms with E-state index < -0.39 is 11.6 Å². The Kier molecular flexibility index (Phi) is 3.83. The normalized spacial score (nSPS) is 15.4. The highest BCUT2D eigenvalue weighted by atomic mass is 79.9. The largest absolute Gasteiger partial charge is 0.506 e. The zero-order chi connectivity index (χ0) is 20.7. The Hall–Kier alpha value is -2.51. The summed E-state index contributed by atoms with van der Waals surface area (Å²) in [5.41, 5.74) is 2.09. The third-order valence-corrected chi connectivity index (χ3v) is 6.82. The van der Waals surface area contributed by atoms with Crippen LogP contribution in [0.5, 0.6) is 23.0 Å². The predicted molar refractivity (Wildman–Crippen MR) is 113 cm³/mol. The van der Waals surface area contributed by atoms with Crippen molar-refractivity contribution in [3.05, 3.63) is 78.7 Å². The van der Waals surface area contributed by atoms with Crippen LogP contribution < -0.4 is 4.74 Å². The number of phenolic OH excluding ortho intramolecular Hbond substituents is 2. The van der Waals surface area contributed by atoms with Crippen molar-refractivity contribution in [2.45, 2.75) is 19.4 Å². The quantitative estimate of drug-likeness (QED) is 0.368. The van der Waals surface area contributed by atoms with E-state index in [1.807, 2.05) is 12.1 Å². The van der Waals surface area contributed by atoms with Crippen LogP contribution in [0.25, 0.3) is 0 Å². The summed E-state index contributed by atoms with van der Waals surface area (Å²) in [6, 6.07) is 10.6. The Morgan fingerprint density at radius 2 is 1.38 bits per heavy atom. The summed E-state index contributed by atoms with van der Waals surface area (Å²) in [5, 5.41) is 20.9. The van der Waals surface area contributed by atoms with Gasteiger partial charge in [0.25, 0.3) is 0 Å². The van der Waals surface area contributed by atoms with Crippen LogP contribution in [-0.4, -0.2) is 16.2 Å². The van der Waals surface area contributed by atoms with Gasteiger partial charge in [-0.3, -0.25) is 0 Å². The molecule has 29 heavy (non-hydrogen) atoms. The number of hydrogen-bond acceptors (Lipinski definition) is 5. The smallest absolute Gasteiger partial charge is 0.340 e. The van der Waals surface area contributed by atoms with Gasteiger partial charge in [0, 0.05) is 27.8 Å². The molecule has 2 N–H and O–H groups in total. The molecule has 0 bridgehead atoms. The summed E-state index contributed by atoms with van der Waals surface area (Å²) >= 11 is 6.79. The molecule has 0 aliphatic carbocycles. The molecule has 0 atom stereocenters. The molecule has 0 fully saturated rings. The second kappa shape index (κ2) is 6.00. The second-order valence-corrected chi connectivity index (χ2v) is 8.84. The number of fused-ring (bicyclic) bond motifs is 6. The van der Waals surface area contributed by atoms with Crippen LogP contribution in [0, 0.1) is 13.8 Å². The second-order valence-electron chi connectivity index (χ2n) is 7.14. The number of rotatable bonds is 0. The van der Waals surface area contributed by atoms with E-state index >= 15 is 0 Å². The number of phenols is 2. The van der Waals surface area contributed by atoms with Gasteiger partial charge in [0.2, 0.25) is 0 Å². The molecule has 5 nitrogen and oxygen atoms in total. The van der Waals surface area contributed by atoms with Gasteiger partial charge < -0.3 is 19.7 Å². The van der Waals surface area contributed by atoms with Crippen molar-refractivity contribution in [1.82, 2.24) is 0 Å². The van der Waals surface area contributed by atoms with Gasteiger partial charge in [-0.15, -0.1) is 0 Å². The maximum absolute atomic E-state index is 12.8. The SMILES string of the molecule is Cc1c(O)c(Br)cc2c1Oc1c(cc(Br)c(O)c1C)C21OC(=O)c2ccccc21. The van der Waals surface area contributed by atoms with Crippen molar-refractivity contribution < 1.29 is 24.5 Å². The van der Waals surface area contributed by atoms with Crippen LogP contribution >= 0.6 is 31.9 Å². The third kappa shape index (κ3) is 2.23. The standard InChI is InChI=1S/C22H14Br2O5/c1-9-17(25)15(23)7-13-19(9)28-20-10(2)18(26)16(24)8-14(20)22(13)12-6-4-3-5-11(12)21(27)29-22/h3-8,25-26H,1-2H3. The van der Waals surface area contributed by atoms with Gasteiger partial charge in [-0.1, -0.05) is 18.2 Å². The van der Waals surface area contributed by atoms with Crippen LogP contribution in [0.2, 0.25) is 0 Å². The van der Waals surface area contributed by atoms with Crippen LogP contribution in [0.1, 0.15) is 38.2 Å². The fraction of sp³-hybridized carbons (Fsp3) is 0.136. The van der Waals surface area contributed by atoms with Crippen molar-refractivity contribution in [3.8, 4) is 23.0 Å². The molecule has 0 aromatic heterocycles. The van der Waals surface area contributed by atoms with E-state index in [2.05, 4.69) is 31.9 Å². The fourth-order valence-corrected chi connectivity index (χ4v) is 5.20. The van der Waals surface area contributed by atoms with Gasteiger partial charge in [0.1, 0.15) is 23.0 Å². The molecule has 7 heteroatoms. The number of esters is 1. The molecule has 2 aliphatic rings. The minimum absolute atomic E-state index is 0.0407. The zero-order valence-corrected chi connectivity index (χ0v) is 18.5. The molecular formula is C22H14Br2O5. The topological polar surface area (TPSA) is 76.0 Å². The van der Waals surface area contributed by atoms with E-state index in [-0.39, 0.29) is 11.5 Å². The summed E-state index contributed by atoms with van der Waals surface area (Å²) in [6.07, 6.45) is 0. The first kappa shape index (κ1) is 18.5. The average molecular weight is 518 g/mol. The first-order valence-corrected chi connectivity index (χ1v) is 10.4. The predicted octanol–water partition coefficient (Wildman–Crippen LogP) is 5.81. The van der Waals surface area contributed by atoms with E-state index in [0.29, 0.717) is 53.8 Å². The lowest BCUT2D eigenvalue weighted by molar-refractivity contribution is 0.0222. The number of hydrogen-bond donors (Lipinski definition) is 2. The van der Waals surface area contributed by atoms with E-state index in [0.717, 1.165) is 0 Å². The van der Waals surface area contributed by atoms with E-state index in [4.69, 9.17) is 9.47 Å². The highest BCUT2D eigenvalue weighted by Crippen LogP contribution is 2.60.